The molecule has 1 saturated carbocycles. The molecule has 1 aliphatic carbocycles. The van der Waals surface area contributed by atoms with Gasteiger partial charge in [0.2, 0.25) is 12.4 Å². The summed E-state index contributed by atoms with van der Waals surface area (Å²) in [4.78, 5) is 10.5. The van der Waals surface area contributed by atoms with Crippen LogP contribution in [0.15, 0.2) is 18.2 Å². The van der Waals surface area contributed by atoms with E-state index in [-0.39, 0.29) is 5.96 Å². The summed E-state index contributed by atoms with van der Waals surface area (Å²) in [5.41, 5.74) is 0.792. The van der Waals surface area contributed by atoms with E-state index in [0.29, 0.717) is 30.5 Å². The van der Waals surface area contributed by atoms with Gasteiger partial charge in [-0.1, -0.05) is 0 Å². The summed E-state index contributed by atoms with van der Waals surface area (Å²) in [5, 5.41) is 13.3. The van der Waals surface area contributed by atoms with E-state index < -0.39 is 28.0 Å². The summed E-state index contributed by atoms with van der Waals surface area (Å²) in [7, 11) is 1.59. The number of benzene rings is 1. The molecule has 0 bridgehead atoms. The van der Waals surface area contributed by atoms with Gasteiger partial charge in [0.05, 0.1) is 18.4 Å². The van der Waals surface area contributed by atoms with Gasteiger partial charge in [0.25, 0.3) is 0 Å². The lowest BCUT2D eigenvalue weighted by molar-refractivity contribution is -0.105. The largest absolute Gasteiger partial charge is 0.592 e. The Balaban J connectivity index is 2.01. The Morgan fingerprint density at radius 3 is 2.95 bits per heavy atom. The second-order valence-electron chi connectivity index (χ2n) is 5.24. The van der Waals surface area contributed by atoms with Gasteiger partial charge >= 0.3 is 0 Å². The molecule has 8 heteroatoms. The number of rotatable bonds is 3. The van der Waals surface area contributed by atoms with Crippen LogP contribution in [0, 0.1) is 11.2 Å². The average molecular weight is 310 g/mol. The van der Waals surface area contributed by atoms with Crippen molar-refractivity contribution in [2.24, 2.45) is 0 Å². The maximum atomic E-state index is 14.2. The molecule has 1 saturated heterocycles. The van der Waals surface area contributed by atoms with Crippen molar-refractivity contribution < 1.29 is 13.7 Å². The Morgan fingerprint density at radius 2 is 2.33 bits per heavy atom. The quantitative estimate of drug-likeness (QED) is 0.576. The normalized spacial score (nSPS) is 26.4. The van der Waals surface area contributed by atoms with Crippen LogP contribution in [-0.2, 0) is 16.2 Å². The third kappa shape index (κ3) is 2.14. The molecular formula is C13H15FN4O2S. The third-order valence-corrected chi connectivity index (χ3v) is 6.01. The molecule has 112 valence electrons. The fraction of sp³-hybridized carbons (Fsp3) is 0.385. The molecule has 1 amide bonds. The minimum atomic E-state index is -1.37. The molecule has 3 N–H and O–H groups in total. The first kappa shape index (κ1) is 14.2. The van der Waals surface area contributed by atoms with Gasteiger partial charge < -0.3 is 15.2 Å². The lowest BCUT2D eigenvalue weighted by Crippen LogP contribution is -2.58. The number of carbonyl (C=O) groups is 1. The van der Waals surface area contributed by atoms with E-state index in [9.17, 15) is 13.7 Å². The predicted molar refractivity (Wildman–Crippen MR) is 77.6 cm³/mol. The predicted octanol–water partition coefficient (Wildman–Crippen LogP) is 1.10. The van der Waals surface area contributed by atoms with E-state index >= 15 is 0 Å². The molecule has 1 aromatic rings. The lowest BCUT2D eigenvalue weighted by atomic mass is 10.0. The Bertz CT molecular complexity index is 608. The highest BCUT2D eigenvalue weighted by molar-refractivity contribution is 7.91. The topological polar surface area (TPSA) is 91.3 Å². The van der Waals surface area contributed by atoms with Gasteiger partial charge in [-0.2, -0.15) is 4.31 Å². The second-order valence-corrected chi connectivity index (χ2v) is 7.09. The summed E-state index contributed by atoms with van der Waals surface area (Å²) < 4.78 is 27.5. The smallest absolute Gasteiger partial charge is 0.234 e. The van der Waals surface area contributed by atoms with E-state index in [0.717, 1.165) is 0 Å². The maximum Gasteiger partial charge on any atom is 0.234 e. The number of nitrogens with one attached hydrogen (secondary N) is 3. The van der Waals surface area contributed by atoms with Gasteiger partial charge in [0.15, 0.2) is 4.75 Å². The highest BCUT2D eigenvalue weighted by Crippen LogP contribution is 2.55. The first-order chi connectivity index (χ1) is 9.99. The van der Waals surface area contributed by atoms with Crippen molar-refractivity contribution in [1.82, 2.24) is 9.62 Å². The summed E-state index contributed by atoms with van der Waals surface area (Å²) in [5.74, 6) is -0.436. The monoisotopic (exact) mass is 310 g/mol. The van der Waals surface area contributed by atoms with Crippen molar-refractivity contribution >= 4 is 29.4 Å². The van der Waals surface area contributed by atoms with Crippen molar-refractivity contribution in [3.8, 4) is 0 Å². The fourth-order valence-corrected chi connectivity index (χ4v) is 4.29. The number of guanidine groups is 1. The number of hydrogen-bond donors (Lipinski definition) is 3. The molecule has 6 nitrogen and oxygen atoms in total. The molecule has 1 spiro atoms. The molecule has 3 rings (SSSR count). The summed E-state index contributed by atoms with van der Waals surface area (Å²) >= 11 is -1.37. The Kier molecular flexibility index (Phi) is 3.29. The van der Waals surface area contributed by atoms with E-state index in [1.54, 1.807) is 7.05 Å². The van der Waals surface area contributed by atoms with Gasteiger partial charge in [-0.3, -0.25) is 10.2 Å². The van der Waals surface area contributed by atoms with Crippen LogP contribution in [0.2, 0.25) is 0 Å². The van der Waals surface area contributed by atoms with Gasteiger partial charge in [0.1, 0.15) is 11.9 Å². The fourth-order valence-electron chi connectivity index (χ4n) is 2.69. The van der Waals surface area contributed by atoms with Crippen molar-refractivity contribution in [1.29, 1.82) is 5.41 Å². The zero-order chi connectivity index (χ0) is 15.2. The van der Waals surface area contributed by atoms with Crippen LogP contribution < -0.4 is 10.6 Å². The molecule has 21 heavy (non-hydrogen) atoms. The number of halogens is 1. The molecule has 2 unspecified atom stereocenters. The maximum absolute atomic E-state index is 14.2. The first-order valence-corrected chi connectivity index (χ1v) is 7.61. The lowest BCUT2D eigenvalue weighted by Gasteiger charge is -2.40. The third-order valence-electron chi connectivity index (χ3n) is 3.99. The van der Waals surface area contributed by atoms with E-state index in [2.05, 4.69) is 10.6 Å². The van der Waals surface area contributed by atoms with Crippen molar-refractivity contribution in [2.45, 2.75) is 23.6 Å². The molecule has 1 heterocycles. The Labute approximate surface area is 124 Å². The van der Waals surface area contributed by atoms with E-state index in [1.165, 1.54) is 22.5 Å². The number of nitrogens with zero attached hydrogens (tertiary/aromatic N) is 1. The molecule has 0 aromatic heterocycles. The molecule has 2 aliphatic rings. The summed E-state index contributed by atoms with van der Waals surface area (Å²) in [6.45, 7) is 0. The van der Waals surface area contributed by atoms with Crippen molar-refractivity contribution in [3.63, 3.8) is 0 Å². The van der Waals surface area contributed by atoms with Crippen LogP contribution in [0.25, 0.3) is 0 Å². The molecule has 0 radical (unpaired) electrons. The van der Waals surface area contributed by atoms with Gasteiger partial charge in [0, 0.05) is 24.1 Å². The van der Waals surface area contributed by atoms with Gasteiger partial charge in [-0.15, -0.1) is 0 Å². The van der Waals surface area contributed by atoms with Gasteiger partial charge in [-0.25, -0.2) is 4.39 Å². The van der Waals surface area contributed by atoms with Crippen LogP contribution in [0.1, 0.15) is 24.4 Å². The SMILES string of the molecule is CN1C(=N)NC(c2cc(NC=O)ccc2F)C2(CC2)[S+]1[O-]. The van der Waals surface area contributed by atoms with Crippen LogP contribution in [-0.4, -0.2) is 33.0 Å². The van der Waals surface area contributed by atoms with Crippen LogP contribution in [0.5, 0.6) is 0 Å². The van der Waals surface area contributed by atoms with E-state index in [1.807, 2.05) is 0 Å². The summed E-state index contributed by atoms with van der Waals surface area (Å²) in [6, 6.07) is 3.72. The van der Waals surface area contributed by atoms with Crippen molar-refractivity contribution in [3.05, 3.63) is 29.6 Å². The average Bonchev–Trinajstić information content (AvgIpc) is 3.25. The number of carbonyl (C=O) groups excluding carboxylic acids is 1. The Morgan fingerprint density at radius 1 is 1.62 bits per heavy atom. The number of amides is 1. The highest BCUT2D eigenvalue weighted by Gasteiger charge is 2.66. The van der Waals surface area contributed by atoms with Crippen LogP contribution in [0.3, 0.4) is 0 Å². The van der Waals surface area contributed by atoms with Crippen LogP contribution >= 0.6 is 0 Å². The minimum Gasteiger partial charge on any atom is -0.592 e. The highest BCUT2D eigenvalue weighted by atomic mass is 32.2. The number of anilines is 1. The number of hydrogen-bond acceptors (Lipinski definition) is 3. The van der Waals surface area contributed by atoms with Gasteiger partial charge in [-0.05, 0) is 18.2 Å². The molecule has 1 aromatic carbocycles. The molecule has 2 atom stereocenters. The Hall–Kier alpha value is -1.80. The standard InChI is InChI=1S/C13H15FN4O2S/c1-18-12(15)17-11(13(4-5-13)21(18)20)9-6-8(16-7-19)2-3-10(9)14/h2-3,6-7,11H,4-5H2,1H3,(H2,15,17)(H,16,19). The molecular weight excluding hydrogens is 295 g/mol. The van der Waals surface area contributed by atoms with Crippen molar-refractivity contribution in [2.75, 3.05) is 12.4 Å². The molecule has 2 fully saturated rings. The second kappa shape index (κ2) is 4.88. The van der Waals surface area contributed by atoms with E-state index in [4.69, 9.17) is 5.41 Å². The summed E-state index contributed by atoms with van der Waals surface area (Å²) in [6.07, 6.45) is 1.94. The zero-order valence-corrected chi connectivity index (χ0v) is 12.2. The zero-order valence-electron chi connectivity index (χ0n) is 11.4. The minimum absolute atomic E-state index is 0.00371. The van der Waals surface area contributed by atoms with Crippen LogP contribution in [0.4, 0.5) is 10.1 Å². The molecule has 1 aliphatic heterocycles. The first-order valence-electron chi connectivity index (χ1n) is 6.50.